The van der Waals surface area contributed by atoms with E-state index in [9.17, 15) is 13.2 Å². The van der Waals surface area contributed by atoms with Crippen molar-refractivity contribution in [3.05, 3.63) is 59.7 Å². The van der Waals surface area contributed by atoms with E-state index in [1.165, 1.54) is 19.2 Å². The third kappa shape index (κ3) is 3.60. The van der Waals surface area contributed by atoms with Crippen molar-refractivity contribution in [2.75, 3.05) is 19.6 Å². The molecule has 0 fully saturated rings. The number of ketones is 1. The molecule has 0 unspecified atom stereocenters. The number of carbonyl (C=O) groups excluding carboxylic acids is 1. The van der Waals surface area contributed by atoms with Crippen LogP contribution in [0.1, 0.15) is 15.9 Å². The molecule has 0 saturated carbocycles. The van der Waals surface area contributed by atoms with Gasteiger partial charge in [-0.2, -0.15) is 10.5 Å². The number of hydrogen-bond acceptors (Lipinski definition) is 4. The fraction of sp³-hybridized carbons (Fsp3) is 0.222. The van der Waals surface area contributed by atoms with Gasteiger partial charge in [-0.05, 0) is 43.7 Å². The molecule has 2 aromatic carbocycles. The molecule has 2 rings (SSSR count). The summed E-state index contributed by atoms with van der Waals surface area (Å²) in [6.07, 6.45) is 3.46. The van der Waals surface area contributed by atoms with Crippen molar-refractivity contribution in [2.24, 2.45) is 0 Å². The Morgan fingerprint density at radius 3 is 2.12 bits per heavy atom. The van der Waals surface area contributed by atoms with Crippen molar-refractivity contribution in [3.63, 3.8) is 0 Å². The van der Waals surface area contributed by atoms with E-state index in [0.29, 0.717) is 5.75 Å². The number of para-hydroxylation sites is 1. The van der Waals surface area contributed by atoms with E-state index in [1.807, 2.05) is 6.92 Å². The highest BCUT2D eigenvalue weighted by Crippen LogP contribution is 2.25. The lowest BCUT2D eigenvalue weighted by Crippen LogP contribution is -2.25. The molecule has 24 heavy (non-hydrogen) atoms. The summed E-state index contributed by atoms with van der Waals surface area (Å²) in [7, 11) is -3.16. The largest absolute Gasteiger partial charge is 0.496 e. The Bertz CT molecular complexity index is 891. The van der Waals surface area contributed by atoms with Crippen LogP contribution in [0.25, 0.3) is 0 Å². The van der Waals surface area contributed by atoms with Crippen LogP contribution in [0.3, 0.4) is 0 Å². The molecule has 4 nitrogen and oxygen atoms in total. The molecule has 0 atom stereocenters. The number of Topliss-reactive ketones (excluding diaryl/α,β-unsaturated/α-hetero) is 1. The molecule has 0 bridgehead atoms. The molecule has 0 radical (unpaired) electrons. The van der Waals surface area contributed by atoms with E-state index < -0.39 is 26.1 Å². The summed E-state index contributed by atoms with van der Waals surface area (Å²) in [6, 6.07) is 13.2. The van der Waals surface area contributed by atoms with Crippen LogP contribution < -0.4 is 4.74 Å². The van der Waals surface area contributed by atoms with Gasteiger partial charge in [-0.3, -0.25) is 4.79 Å². The van der Waals surface area contributed by atoms with Crippen molar-refractivity contribution in [1.29, 1.82) is 0 Å². The minimum atomic E-state index is -3.87. The molecule has 0 heterocycles. The highest BCUT2D eigenvalue weighted by atomic mass is 32.2. The Morgan fingerprint density at radius 2 is 1.58 bits per heavy atom. The highest BCUT2D eigenvalue weighted by Gasteiger charge is 2.30. The van der Waals surface area contributed by atoms with Gasteiger partial charge in [-0.1, -0.05) is 29.8 Å². The topological polar surface area (TPSA) is 60.4 Å². The minimum absolute atomic E-state index is 0.101. The Balaban J connectivity index is 2.61. The van der Waals surface area contributed by atoms with Crippen molar-refractivity contribution < 1.29 is 17.9 Å². The smallest absolute Gasteiger partial charge is 0.215 e. The second-order valence-corrected chi connectivity index (χ2v) is 9.64. The van der Waals surface area contributed by atoms with Gasteiger partial charge in [0, 0.05) is 0 Å². The van der Waals surface area contributed by atoms with Gasteiger partial charge in [0.05, 0.1) is 17.6 Å². The average Bonchev–Trinajstić information content (AvgIpc) is 2.54. The third-order valence-corrected chi connectivity index (χ3v) is 7.63. The molecular formula is C18H20O4S2. The first-order chi connectivity index (χ1) is 11.3. The summed E-state index contributed by atoms with van der Waals surface area (Å²) in [5.41, 5.74) is 1.21. The molecule has 0 saturated heterocycles. The molecule has 0 aliphatic carbocycles. The molecule has 0 aromatic heterocycles. The minimum Gasteiger partial charge on any atom is -0.496 e. The van der Waals surface area contributed by atoms with Crippen LogP contribution in [0.2, 0.25) is 0 Å². The SMILES string of the molecule is COc1ccccc1C(=O)C(=S(C)C)S(=O)(=O)c1ccc(C)cc1. The normalized spacial score (nSPS) is 11.4. The van der Waals surface area contributed by atoms with E-state index in [4.69, 9.17) is 4.74 Å². The summed E-state index contributed by atoms with van der Waals surface area (Å²) >= 11 is 0. The summed E-state index contributed by atoms with van der Waals surface area (Å²) in [6.45, 7) is 1.88. The predicted octanol–water partition coefficient (Wildman–Crippen LogP) is 3.32. The number of rotatable bonds is 4. The lowest BCUT2D eigenvalue weighted by molar-refractivity contribution is 0.106. The third-order valence-electron chi connectivity index (χ3n) is 3.48. The Morgan fingerprint density at radius 1 is 1.00 bits per heavy atom. The van der Waals surface area contributed by atoms with Crippen LogP contribution in [-0.2, 0) is 9.84 Å². The van der Waals surface area contributed by atoms with E-state index in [0.717, 1.165) is 5.56 Å². The molecule has 0 spiro atoms. The maximum Gasteiger partial charge on any atom is 0.215 e. The number of methoxy groups -OCH3 is 1. The maximum absolute atomic E-state index is 13.0. The number of benzene rings is 2. The van der Waals surface area contributed by atoms with Gasteiger partial charge in [0.25, 0.3) is 0 Å². The Labute approximate surface area is 145 Å². The fourth-order valence-electron chi connectivity index (χ4n) is 2.29. The molecule has 0 aliphatic rings. The van der Waals surface area contributed by atoms with Gasteiger partial charge < -0.3 is 4.74 Å². The van der Waals surface area contributed by atoms with Gasteiger partial charge in [0.15, 0.2) is 0 Å². The molecule has 0 aliphatic heterocycles. The Kier molecular flexibility index (Phi) is 5.62. The average molecular weight is 364 g/mol. The van der Waals surface area contributed by atoms with E-state index in [-0.39, 0.29) is 14.7 Å². The Hall–Kier alpha value is -1.92. The second kappa shape index (κ2) is 7.32. The molecule has 128 valence electrons. The van der Waals surface area contributed by atoms with Crippen molar-refractivity contribution in [2.45, 2.75) is 11.8 Å². The fourth-order valence-corrected chi connectivity index (χ4v) is 5.88. The van der Waals surface area contributed by atoms with Crippen LogP contribution in [0.5, 0.6) is 5.75 Å². The first-order valence-electron chi connectivity index (χ1n) is 7.23. The van der Waals surface area contributed by atoms with E-state index >= 15 is 0 Å². The van der Waals surface area contributed by atoms with E-state index in [1.54, 1.807) is 48.9 Å². The van der Waals surface area contributed by atoms with Crippen molar-refractivity contribution in [3.8, 4) is 5.75 Å². The molecular weight excluding hydrogens is 344 g/mol. The lowest BCUT2D eigenvalue weighted by atomic mass is 10.1. The maximum atomic E-state index is 13.0. The van der Waals surface area contributed by atoms with Gasteiger partial charge in [-0.25, -0.2) is 8.42 Å². The van der Waals surface area contributed by atoms with Crippen LogP contribution in [-0.4, -0.2) is 38.0 Å². The quantitative estimate of drug-likeness (QED) is 0.617. The number of aryl methyl sites for hydroxylation is 1. The highest BCUT2D eigenvalue weighted by molar-refractivity contribution is 8.32. The molecule has 2 aromatic rings. The monoisotopic (exact) mass is 364 g/mol. The zero-order valence-electron chi connectivity index (χ0n) is 14.1. The van der Waals surface area contributed by atoms with Crippen molar-refractivity contribution >= 4 is 30.3 Å². The van der Waals surface area contributed by atoms with Crippen LogP contribution in [0.15, 0.2) is 53.4 Å². The number of sulfone groups is 1. The molecule has 6 heteroatoms. The zero-order chi connectivity index (χ0) is 17.9. The number of carbonyl (C=O) groups is 1. The first-order valence-corrected chi connectivity index (χ1v) is 10.8. The second-order valence-electron chi connectivity index (χ2n) is 5.45. The number of hydrogen-bond donors (Lipinski definition) is 0. The lowest BCUT2D eigenvalue weighted by Gasteiger charge is -2.13. The van der Waals surface area contributed by atoms with Crippen molar-refractivity contribution in [1.82, 2.24) is 0 Å². The molecule has 0 amide bonds. The van der Waals surface area contributed by atoms with Gasteiger partial charge in [-0.15, -0.1) is 0 Å². The standard InChI is InChI=1S/C18H20O4S2/c1-13-9-11-14(12-10-13)24(20,21)18(23(3)4)17(19)15-7-5-6-8-16(15)22-2/h5-12H,1-4H3. The van der Waals surface area contributed by atoms with Crippen LogP contribution in [0, 0.1) is 6.92 Å². The first kappa shape index (κ1) is 18.4. The van der Waals surface area contributed by atoms with Gasteiger partial charge in [0.1, 0.15) is 9.95 Å². The molecule has 0 N–H and O–H groups in total. The zero-order valence-corrected chi connectivity index (χ0v) is 15.7. The van der Waals surface area contributed by atoms with Crippen LogP contribution >= 0.6 is 10.5 Å². The summed E-state index contributed by atoms with van der Waals surface area (Å²) in [4.78, 5) is 13.1. The van der Waals surface area contributed by atoms with Gasteiger partial charge in [0.2, 0.25) is 15.6 Å². The van der Waals surface area contributed by atoms with Crippen LogP contribution in [0.4, 0.5) is 0 Å². The summed E-state index contributed by atoms with van der Waals surface area (Å²) in [5.74, 6) is -0.147. The summed E-state index contributed by atoms with van der Waals surface area (Å²) < 4.78 is 31.1. The van der Waals surface area contributed by atoms with Gasteiger partial charge >= 0.3 is 0 Å². The predicted molar refractivity (Wildman–Crippen MR) is 100 cm³/mol. The summed E-state index contributed by atoms with van der Waals surface area (Å²) in [5, 5.41) is 0. The number of ether oxygens (including phenoxy) is 1. The van der Waals surface area contributed by atoms with E-state index in [2.05, 4.69) is 0 Å².